The molecule has 0 radical (unpaired) electrons. The highest BCUT2D eigenvalue weighted by Gasteiger charge is 2.29. The summed E-state index contributed by atoms with van der Waals surface area (Å²) in [4.78, 5) is 13.6. The number of nitrogens with zero attached hydrogens (tertiary/aromatic N) is 2. The molecular weight excluding hydrogens is 320 g/mol. The molecule has 0 saturated heterocycles. The molecule has 1 aromatic heterocycles. The first-order chi connectivity index (χ1) is 11.8. The lowest BCUT2D eigenvalue weighted by Gasteiger charge is -2.18. The molecule has 0 aliphatic carbocycles. The molecule has 120 valence electrons. The maximum absolute atomic E-state index is 12.4. The number of rotatable bonds is 3. The van der Waals surface area contributed by atoms with Crippen LogP contribution in [0.15, 0.2) is 59.5 Å². The van der Waals surface area contributed by atoms with Gasteiger partial charge in [-0.2, -0.15) is 5.10 Å². The van der Waals surface area contributed by atoms with E-state index in [-0.39, 0.29) is 5.97 Å². The molecule has 0 fully saturated rings. The summed E-state index contributed by atoms with van der Waals surface area (Å²) in [6.07, 6.45) is 0. The van der Waals surface area contributed by atoms with E-state index >= 15 is 0 Å². The molecule has 24 heavy (non-hydrogen) atoms. The molecule has 0 atom stereocenters. The highest BCUT2D eigenvalue weighted by Crippen LogP contribution is 2.43. The van der Waals surface area contributed by atoms with Crippen molar-refractivity contribution in [3.63, 3.8) is 0 Å². The third kappa shape index (κ3) is 2.41. The molecule has 5 heteroatoms. The Labute approximate surface area is 144 Å². The fraction of sp³-hybridized carbons (Fsp3) is 0.158. The summed E-state index contributed by atoms with van der Waals surface area (Å²) < 4.78 is 7.07. The van der Waals surface area contributed by atoms with Crippen LogP contribution >= 0.6 is 11.8 Å². The number of carbonyl (C=O) groups is 1. The van der Waals surface area contributed by atoms with Crippen molar-refractivity contribution >= 4 is 17.7 Å². The van der Waals surface area contributed by atoms with Gasteiger partial charge in [0.15, 0.2) is 5.69 Å². The predicted octanol–water partition coefficient (Wildman–Crippen LogP) is 4.32. The zero-order chi connectivity index (χ0) is 16.5. The molecule has 0 N–H and O–H groups in total. The highest BCUT2D eigenvalue weighted by molar-refractivity contribution is 7.98. The second-order valence-corrected chi connectivity index (χ2v) is 6.45. The van der Waals surface area contributed by atoms with E-state index in [1.807, 2.05) is 54.1 Å². The third-order valence-electron chi connectivity index (χ3n) is 3.97. The summed E-state index contributed by atoms with van der Waals surface area (Å²) in [6.45, 7) is 2.15. The Morgan fingerprint density at radius 3 is 2.71 bits per heavy atom. The largest absolute Gasteiger partial charge is 0.461 e. The van der Waals surface area contributed by atoms with Gasteiger partial charge < -0.3 is 4.74 Å². The van der Waals surface area contributed by atoms with Crippen LogP contribution in [0, 0.1) is 0 Å². The van der Waals surface area contributed by atoms with Gasteiger partial charge in [0.1, 0.15) is 0 Å². The summed E-state index contributed by atoms with van der Waals surface area (Å²) in [6, 6.07) is 18.1. The average molecular weight is 336 g/mol. The number of benzene rings is 2. The molecule has 0 spiro atoms. The Hall–Kier alpha value is -2.53. The Morgan fingerprint density at radius 1 is 1.17 bits per heavy atom. The molecule has 0 amide bonds. The van der Waals surface area contributed by atoms with Crippen LogP contribution in [0.2, 0.25) is 0 Å². The van der Waals surface area contributed by atoms with Crippen LogP contribution in [0.25, 0.3) is 16.9 Å². The number of esters is 1. The van der Waals surface area contributed by atoms with Gasteiger partial charge in [0, 0.05) is 21.8 Å². The summed E-state index contributed by atoms with van der Waals surface area (Å²) in [5, 5.41) is 4.61. The van der Waals surface area contributed by atoms with Gasteiger partial charge in [-0.15, -0.1) is 11.8 Å². The number of ether oxygens (including phenoxy) is 1. The van der Waals surface area contributed by atoms with Gasteiger partial charge in [-0.25, -0.2) is 9.48 Å². The lowest BCUT2D eigenvalue weighted by molar-refractivity contribution is 0.0518. The minimum absolute atomic E-state index is 0.343. The monoisotopic (exact) mass is 336 g/mol. The molecule has 2 aromatic carbocycles. The van der Waals surface area contributed by atoms with Crippen molar-refractivity contribution in [1.82, 2.24) is 9.78 Å². The minimum Gasteiger partial charge on any atom is -0.461 e. The van der Waals surface area contributed by atoms with Gasteiger partial charge in [0.05, 0.1) is 18.0 Å². The van der Waals surface area contributed by atoms with Crippen molar-refractivity contribution in [2.75, 3.05) is 6.61 Å². The highest BCUT2D eigenvalue weighted by atomic mass is 32.2. The van der Waals surface area contributed by atoms with Gasteiger partial charge in [-0.3, -0.25) is 0 Å². The SMILES string of the molecule is CCOC(=O)c1nn(-c2ccccc2)c2c1CSc1ccccc1-2. The maximum atomic E-state index is 12.4. The number of carbonyl (C=O) groups excluding carboxylic acids is 1. The number of aromatic nitrogens is 2. The summed E-state index contributed by atoms with van der Waals surface area (Å²) >= 11 is 1.73. The first-order valence-electron chi connectivity index (χ1n) is 7.86. The zero-order valence-electron chi connectivity index (χ0n) is 13.2. The van der Waals surface area contributed by atoms with Crippen LogP contribution in [-0.4, -0.2) is 22.4 Å². The molecule has 3 aromatic rings. The van der Waals surface area contributed by atoms with Gasteiger partial charge in [-0.05, 0) is 25.1 Å². The van der Waals surface area contributed by atoms with Crippen LogP contribution in [0.5, 0.6) is 0 Å². The quantitative estimate of drug-likeness (QED) is 0.668. The molecular formula is C19H16N2O2S. The van der Waals surface area contributed by atoms with Crippen LogP contribution in [0.3, 0.4) is 0 Å². The molecule has 0 bridgehead atoms. The number of para-hydroxylation sites is 1. The molecule has 1 aliphatic heterocycles. The second-order valence-electron chi connectivity index (χ2n) is 5.43. The molecule has 2 heterocycles. The van der Waals surface area contributed by atoms with E-state index in [0.29, 0.717) is 18.1 Å². The molecule has 4 nitrogen and oxygen atoms in total. The fourth-order valence-corrected chi connectivity index (χ4v) is 3.99. The Morgan fingerprint density at radius 2 is 1.92 bits per heavy atom. The van der Waals surface area contributed by atoms with Crippen molar-refractivity contribution in [2.24, 2.45) is 0 Å². The fourth-order valence-electron chi connectivity index (χ4n) is 2.92. The van der Waals surface area contributed by atoms with Crippen LogP contribution in [0.4, 0.5) is 0 Å². The van der Waals surface area contributed by atoms with E-state index in [2.05, 4.69) is 17.2 Å². The van der Waals surface area contributed by atoms with Crippen molar-refractivity contribution < 1.29 is 9.53 Å². The maximum Gasteiger partial charge on any atom is 0.359 e. The number of hydrogen-bond acceptors (Lipinski definition) is 4. The van der Waals surface area contributed by atoms with E-state index < -0.39 is 0 Å². The Bertz CT molecular complexity index is 903. The van der Waals surface area contributed by atoms with E-state index in [1.54, 1.807) is 11.8 Å². The first-order valence-corrected chi connectivity index (χ1v) is 8.84. The van der Waals surface area contributed by atoms with Crippen molar-refractivity contribution in [3.8, 4) is 16.9 Å². The number of fused-ring (bicyclic) bond motifs is 3. The second kappa shape index (κ2) is 6.17. The van der Waals surface area contributed by atoms with Crippen molar-refractivity contribution in [1.29, 1.82) is 0 Å². The zero-order valence-corrected chi connectivity index (χ0v) is 14.0. The van der Waals surface area contributed by atoms with Gasteiger partial charge in [-0.1, -0.05) is 36.4 Å². The van der Waals surface area contributed by atoms with Gasteiger partial charge in [0.25, 0.3) is 0 Å². The normalized spacial score (nSPS) is 12.4. The van der Waals surface area contributed by atoms with Crippen molar-refractivity contribution in [2.45, 2.75) is 17.6 Å². The summed E-state index contributed by atoms with van der Waals surface area (Å²) in [5.41, 5.74) is 4.39. The molecule has 1 aliphatic rings. The first kappa shape index (κ1) is 15.0. The van der Waals surface area contributed by atoms with Crippen LogP contribution < -0.4 is 0 Å². The number of thioether (sulfide) groups is 1. The van der Waals surface area contributed by atoms with Crippen LogP contribution in [0.1, 0.15) is 23.0 Å². The van der Waals surface area contributed by atoms with E-state index in [1.165, 1.54) is 4.90 Å². The lowest BCUT2D eigenvalue weighted by Crippen LogP contribution is -2.08. The summed E-state index contributed by atoms with van der Waals surface area (Å²) in [5.74, 6) is 0.358. The molecule has 0 unspecified atom stereocenters. The van der Waals surface area contributed by atoms with Crippen molar-refractivity contribution in [3.05, 3.63) is 65.9 Å². The Kier molecular flexibility index (Phi) is 3.86. The molecule has 4 rings (SSSR count). The van der Waals surface area contributed by atoms with Crippen LogP contribution in [-0.2, 0) is 10.5 Å². The standard InChI is InChI=1S/C19H16N2O2S/c1-2-23-19(22)17-15-12-24-16-11-7-6-10-14(16)18(15)21(20-17)13-8-4-3-5-9-13/h3-11H,2,12H2,1H3. The lowest BCUT2D eigenvalue weighted by atomic mass is 10.1. The van der Waals surface area contributed by atoms with E-state index in [0.717, 1.165) is 22.5 Å². The smallest absolute Gasteiger partial charge is 0.359 e. The average Bonchev–Trinajstić information content (AvgIpc) is 3.03. The topological polar surface area (TPSA) is 44.1 Å². The Balaban J connectivity index is 1.97. The van der Waals surface area contributed by atoms with E-state index in [4.69, 9.17) is 4.74 Å². The molecule has 0 saturated carbocycles. The van der Waals surface area contributed by atoms with Gasteiger partial charge in [0.2, 0.25) is 0 Å². The minimum atomic E-state index is -0.358. The third-order valence-corrected chi connectivity index (χ3v) is 5.07. The number of hydrogen-bond donors (Lipinski definition) is 0. The predicted molar refractivity (Wildman–Crippen MR) is 94.5 cm³/mol. The summed E-state index contributed by atoms with van der Waals surface area (Å²) in [7, 11) is 0. The van der Waals surface area contributed by atoms with E-state index in [9.17, 15) is 4.79 Å². The van der Waals surface area contributed by atoms with Gasteiger partial charge >= 0.3 is 5.97 Å².